The van der Waals surface area contributed by atoms with Crippen molar-refractivity contribution in [3.8, 4) is 0 Å². The predicted molar refractivity (Wildman–Crippen MR) is 90.2 cm³/mol. The molecule has 9 heteroatoms. The Balaban J connectivity index is 0.00000220. The van der Waals surface area contributed by atoms with Gasteiger partial charge in [-0.15, -0.1) is 24.8 Å². The van der Waals surface area contributed by atoms with Crippen LogP contribution in [0.3, 0.4) is 0 Å². The van der Waals surface area contributed by atoms with Crippen molar-refractivity contribution in [3.63, 3.8) is 0 Å². The van der Waals surface area contributed by atoms with Gasteiger partial charge in [-0.3, -0.25) is 4.79 Å². The molecule has 126 valence electrons. The van der Waals surface area contributed by atoms with E-state index in [0.29, 0.717) is 18.9 Å². The van der Waals surface area contributed by atoms with Crippen LogP contribution >= 0.6 is 24.8 Å². The maximum Gasteiger partial charge on any atom is 0.243 e. The van der Waals surface area contributed by atoms with Crippen molar-refractivity contribution in [2.24, 2.45) is 5.73 Å². The van der Waals surface area contributed by atoms with Gasteiger partial charge in [0.1, 0.15) is 11.9 Å². The van der Waals surface area contributed by atoms with Gasteiger partial charge in [0.2, 0.25) is 5.91 Å². The number of anilines is 2. The van der Waals surface area contributed by atoms with E-state index in [1.54, 1.807) is 6.20 Å². The van der Waals surface area contributed by atoms with Gasteiger partial charge in [0.25, 0.3) is 0 Å². The van der Waals surface area contributed by atoms with Crippen molar-refractivity contribution in [1.82, 2.24) is 4.98 Å². The lowest BCUT2D eigenvalue weighted by Crippen LogP contribution is -2.39. The first-order chi connectivity index (χ1) is 9.70. The van der Waals surface area contributed by atoms with E-state index in [0.717, 1.165) is 18.9 Å². The number of carbonyl (C=O) groups excluding carboxylic acids is 1. The highest BCUT2D eigenvalue weighted by Gasteiger charge is 2.15. The van der Waals surface area contributed by atoms with Crippen molar-refractivity contribution in [2.75, 3.05) is 50.2 Å². The summed E-state index contributed by atoms with van der Waals surface area (Å²) in [6.07, 6.45) is 1.63. The third-order valence-corrected chi connectivity index (χ3v) is 3.03. The zero-order valence-corrected chi connectivity index (χ0v) is 14.0. The van der Waals surface area contributed by atoms with Crippen LogP contribution in [0.2, 0.25) is 0 Å². The summed E-state index contributed by atoms with van der Waals surface area (Å²) in [5.74, 6) is 0.597. The summed E-state index contributed by atoms with van der Waals surface area (Å²) in [4.78, 5) is 18.2. The summed E-state index contributed by atoms with van der Waals surface area (Å²) in [5, 5.41) is 2.71. The first-order valence-electron chi connectivity index (χ1n) is 6.55. The molecule has 1 saturated heterocycles. The predicted octanol–water partition coefficient (Wildman–Crippen LogP) is 0.674. The molecular weight excluding hydrogens is 331 g/mol. The van der Waals surface area contributed by atoms with Crippen molar-refractivity contribution in [1.29, 1.82) is 0 Å². The van der Waals surface area contributed by atoms with Gasteiger partial charge in [-0.05, 0) is 12.1 Å². The van der Waals surface area contributed by atoms with Crippen molar-refractivity contribution < 1.29 is 14.3 Å². The Morgan fingerprint density at radius 1 is 1.45 bits per heavy atom. The van der Waals surface area contributed by atoms with Crippen molar-refractivity contribution in [3.05, 3.63) is 18.3 Å². The average Bonchev–Trinajstić information content (AvgIpc) is 2.49. The molecule has 1 aliphatic rings. The van der Waals surface area contributed by atoms with Crippen molar-refractivity contribution in [2.45, 2.75) is 6.04 Å². The molecule has 0 radical (unpaired) electrons. The number of hydrogen-bond donors (Lipinski definition) is 2. The number of carbonyl (C=O) groups is 1. The Morgan fingerprint density at radius 2 is 2.14 bits per heavy atom. The Labute approximate surface area is 142 Å². The molecule has 22 heavy (non-hydrogen) atoms. The average molecular weight is 353 g/mol. The van der Waals surface area contributed by atoms with Gasteiger partial charge in [-0.25, -0.2) is 4.98 Å². The van der Waals surface area contributed by atoms with Gasteiger partial charge in [0.15, 0.2) is 0 Å². The van der Waals surface area contributed by atoms with Crippen LogP contribution in [0.5, 0.6) is 0 Å². The molecule has 1 amide bonds. The fraction of sp³-hybridized carbons (Fsp3) is 0.538. The number of morpholine rings is 1. The monoisotopic (exact) mass is 352 g/mol. The minimum atomic E-state index is -0.682. The summed E-state index contributed by atoms with van der Waals surface area (Å²) in [7, 11) is 1.51. The van der Waals surface area contributed by atoms with Gasteiger partial charge in [-0.2, -0.15) is 0 Å². The van der Waals surface area contributed by atoms with Gasteiger partial charge in [-0.1, -0.05) is 0 Å². The Morgan fingerprint density at radius 3 is 2.68 bits per heavy atom. The van der Waals surface area contributed by atoms with Gasteiger partial charge in [0, 0.05) is 20.2 Å². The molecule has 1 aromatic rings. The number of aromatic nitrogens is 1. The van der Waals surface area contributed by atoms with Crippen LogP contribution < -0.4 is 16.0 Å². The molecule has 1 fully saturated rings. The van der Waals surface area contributed by atoms with E-state index in [2.05, 4.69) is 15.2 Å². The quantitative estimate of drug-likeness (QED) is 0.809. The van der Waals surface area contributed by atoms with Crippen LogP contribution in [-0.2, 0) is 14.3 Å². The minimum Gasteiger partial charge on any atom is -0.383 e. The number of nitrogens with zero attached hydrogens (tertiary/aromatic N) is 2. The maximum absolute atomic E-state index is 11.7. The second-order valence-electron chi connectivity index (χ2n) is 4.56. The van der Waals surface area contributed by atoms with Crippen LogP contribution in [0.1, 0.15) is 0 Å². The highest BCUT2D eigenvalue weighted by Crippen LogP contribution is 2.15. The maximum atomic E-state index is 11.7. The van der Waals surface area contributed by atoms with E-state index in [-0.39, 0.29) is 37.3 Å². The highest BCUT2D eigenvalue weighted by atomic mass is 35.5. The summed E-state index contributed by atoms with van der Waals surface area (Å²) in [6, 6.07) is 3.01. The molecule has 7 nitrogen and oxygen atoms in total. The lowest BCUT2D eigenvalue weighted by Gasteiger charge is -2.27. The molecule has 0 spiro atoms. The Kier molecular flexibility index (Phi) is 10.0. The second-order valence-corrected chi connectivity index (χ2v) is 4.56. The number of nitrogens with two attached hydrogens (primary N) is 1. The number of halogens is 2. The van der Waals surface area contributed by atoms with Crippen LogP contribution in [-0.4, -0.2) is 57.0 Å². The molecule has 2 heterocycles. The molecule has 1 atom stereocenters. The molecule has 1 aromatic heterocycles. The molecule has 0 saturated carbocycles. The molecule has 0 aliphatic carbocycles. The summed E-state index contributed by atoms with van der Waals surface area (Å²) < 4.78 is 10.1. The summed E-state index contributed by atoms with van der Waals surface area (Å²) >= 11 is 0. The van der Waals surface area contributed by atoms with Crippen molar-refractivity contribution >= 4 is 42.2 Å². The van der Waals surface area contributed by atoms with E-state index in [1.807, 2.05) is 12.1 Å². The number of ether oxygens (including phenoxy) is 2. The zero-order valence-electron chi connectivity index (χ0n) is 12.4. The Hall–Kier alpha value is -1.12. The third kappa shape index (κ3) is 5.94. The molecular formula is C13H22Cl2N4O3. The molecule has 1 aliphatic heterocycles. The molecule has 3 N–H and O–H groups in total. The largest absolute Gasteiger partial charge is 0.383 e. The Bertz CT molecular complexity index is 441. The molecule has 0 aromatic carbocycles. The van der Waals surface area contributed by atoms with Crippen LogP contribution in [0.4, 0.5) is 11.5 Å². The summed E-state index contributed by atoms with van der Waals surface area (Å²) in [6.45, 7) is 3.28. The fourth-order valence-corrected chi connectivity index (χ4v) is 1.93. The number of amides is 1. The van der Waals surface area contributed by atoms with E-state index < -0.39 is 6.04 Å². The standard InChI is InChI=1S/C13H20N4O3.2ClH/c1-19-9-11(14)13(18)16-10-2-3-12(15-8-10)17-4-6-20-7-5-17;;/h2-3,8,11H,4-7,9,14H2,1H3,(H,16,18);2*1H. The van der Waals surface area contributed by atoms with Crippen LogP contribution in [0, 0.1) is 0 Å². The van der Waals surface area contributed by atoms with Gasteiger partial charge >= 0.3 is 0 Å². The van der Waals surface area contributed by atoms with Gasteiger partial charge in [0.05, 0.1) is 31.7 Å². The van der Waals surface area contributed by atoms with E-state index in [9.17, 15) is 4.79 Å². The van der Waals surface area contributed by atoms with Crippen LogP contribution in [0.25, 0.3) is 0 Å². The fourth-order valence-electron chi connectivity index (χ4n) is 1.93. The molecule has 2 rings (SSSR count). The lowest BCUT2D eigenvalue weighted by atomic mass is 10.3. The molecule has 1 unspecified atom stereocenters. The number of nitrogens with one attached hydrogen (secondary N) is 1. The zero-order chi connectivity index (χ0) is 14.4. The van der Waals surface area contributed by atoms with Gasteiger partial charge < -0.3 is 25.4 Å². The lowest BCUT2D eigenvalue weighted by molar-refractivity contribution is -0.118. The third-order valence-electron chi connectivity index (χ3n) is 3.03. The highest BCUT2D eigenvalue weighted by molar-refractivity contribution is 5.94. The normalized spacial score (nSPS) is 15.3. The first-order valence-corrected chi connectivity index (χ1v) is 6.55. The van der Waals surface area contributed by atoms with E-state index >= 15 is 0 Å². The minimum absolute atomic E-state index is 0. The SMILES string of the molecule is COCC(N)C(=O)Nc1ccc(N2CCOCC2)nc1.Cl.Cl. The number of hydrogen-bond acceptors (Lipinski definition) is 6. The first kappa shape index (κ1) is 20.9. The van der Waals surface area contributed by atoms with E-state index in [1.165, 1.54) is 7.11 Å². The number of rotatable bonds is 5. The van der Waals surface area contributed by atoms with Crippen LogP contribution in [0.15, 0.2) is 18.3 Å². The molecule has 0 bridgehead atoms. The number of pyridine rings is 1. The summed E-state index contributed by atoms with van der Waals surface area (Å²) in [5.41, 5.74) is 6.27. The smallest absolute Gasteiger partial charge is 0.243 e. The topological polar surface area (TPSA) is 89.7 Å². The van der Waals surface area contributed by atoms with E-state index in [4.69, 9.17) is 15.2 Å². The second kappa shape index (κ2) is 10.6. The number of methoxy groups -OCH3 is 1.